The lowest BCUT2D eigenvalue weighted by atomic mass is 10.1. The van der Waals surface area contributed by atoms with E-state index in [9.17, 15) is 29.2 Å². The van der Waals surface area contributed by atoms with Crippen LogP contribution in [0.1, 0.15) is 12.8 Å². The molecule has 7 N–H and O–H groups in total. The van der Waals surface area contributed by atoms with Gasteiger partial charge in [-0.25, -0.2) is 0 Å². The molecule has 1 aromatic rings. The highest BCUT2D eigenvalue weighted by molar-refractivity contribution is 8.13. The summed E-state index contributed by atoms with van der Waals surface area (Å²) in [6.45, 7) is -0.705. The molecule has 1 rings (SSSR count). The average molecular weight is 442 g/mol. The molecule has 0 spiro atoms. The number of nitrogens with two attached hydrogens (primary N) is 1. The van der Waals surface area contributed by atoms with Crippen LogP contribution in [0.25, 0.3) is 0 Å². The fraction of sp³-hybridized carbons (Fsp3) is 0.353. The maximum Gasteiger partial charge on any atom is 0.322 e. The number of hydrogen-bond acceptors (Lipinski definition) is 8. The monoisotopic (exact) mass is 442 g/mol. The molecular formula is C17H22N4O8S. The van der Waals surface area contributed by atoms with Gasteiger partial charge in [0.25, 0.3) is 0 Å². The Morgan fingerprint density at radius 1 is 1.10 bits per heavy atom. The van der Waals surface area contributed by atoms with Gasteiger partial charge < -0.3 is 26.6 Å². The predicted octanol–water partition coefficient (Wildman–Crippen LogP) is -0.387. The van der Waals surface area contributed by atoms with Crippen LogP contribution in [-0.4, -0.2) is 68.8 Å². The lowest BCUT2D eigenvalue weighted by molar-refractivity contribution is -0.139. The van der Waals surface area contributed by atoms with Crippen LogP contribution in [-0.2, 0) is 19.2 Å². The smallest absolute Gasteiger partial charge is 0.322 e. The summed E-state index contributed by atoms with van der Waals surface area (Å²) in [5, 5.41) is 31.2. The van der Waals surface area contributed by atoms with Gasteiger partial charge in [0.05, 0.1) is 5.69 Å². The Kier molecular flexibility index (Phi) is 10.3. The van der Waals surface area contributed by atoms with Crippen LogP contribution in [0, 0.1) is 0 Å². The lowest BCUT2D eigenvalue weighted by Gasteiger charge is -2.19. The molecule has 0 aromatic heterocycles. The molecule has 0 fully saturated rings. The summed E-state index contributed by atoms with van der Waals surface area (Å²) >= 11 is 0.517. The van der Waals surface area contributed by atoms with E-state index < -0.39 is 47.6 Å². The van der Waals surface area contributed by atoms with Crippen molar-refractivity contribution in [2.24, 2.45) is 5.73 Å². The summed E-state index contributed by atoms with van der Waals surface area (Å²) in [6.07, 6.45) is -0.486. The van der Waals surface area contributed by atoms with E-state index in [4.69, 9.17) is 15.9 Å². The van der Waals surface area contributed by atoms with Gasteiger partial charge in [-0.1, -0.05) is 30.0 Å². The zero-order chi connectivity index (χ0) is 22.7. The molecule has 1 aromatic carbocycles. The summed E-state index contributed by atoms with van der Waals surface area (Å²) in [5.74, 6) is -4.49. The lowest BCUT2D eigenvalue weighted by Crippen LogP contribution is -2.50. The van der Waals surface area contributed by atoms with Gasteiger partial charge in [-0.3, -0.25) is 29.2 Å². The zero-order valence-electron chi connectivity index (χ0n) is 15.7. The van der Waals surface area contributed by atoms with Crippen molar-refractivity contribution in [2.45, 2.75) is 24.9 Å². The van der Waals surface area contributed by atoms with Gasteiger partial charge in [-0.05, 0) is 18.6 Å². The van der Waals surface area contributed by atoms with Gasteiger partial charge >= 0.3 is 17.2 Å². The quantitative estimate of drug-likeness (QED) is 0.194. The van der Waals surface area contributed by atoms with Crippen molar-refractivity contribution in [3.63, 3.8) is 0 Å². The molecule has 0 bridgehead atoms. The number of carbonyl (C=O) groups is 5. The Morgan fingerprint density at radius 2 is 1.73 bits per heavy atom. The highest BCUT2D eigenvalue weighted by Crippen LogP contribution is 2.17. The molecule has 0 heterocycles. The van der Waals surface area contributed by atoms with Crippen LogP contribution in [0.4, 0.5) is 10.5 Å². The molecule has 12 nitrogen and oxygen atoms in total. The molecule has 13 heteroatoms. The fourth-order valence-electron chi connectivity index (χ4n) is 2.04. The van der Waals surface area contributed by atoms with E-state index in [1.807, 2.05) is 0 Å². The number of thioether (sulfide) groups is 1. The van der Waals surface area contributed by atoms with Gasteiger partial charge in [0.15, 0.2) is 0 Å². The second-order valence-electron chi connectivity index (χ2n) is 5.94. The van der Waals surface area contributed by atoms with E-state index in [-0.39, 0.29) is 24.3 Å². The number of hydrogen-bond donors (Lipinski definition) is 6. The molecule has 2 atom stereocenters. The van der Waals surface area contributed by atoms with E-state index in [1.165, 1.54) is 12.1 Å². The first-order chi connectivity index (χ1) is 14.1. The average Bonchev–Trinajstić information content (AvgIpc) is 2.72. The third kappa shape index (κ3) is 8.89. The zero-order valence-corrected chi connectivity index (χ0v) is 16.5. The van der Waals surface area contributed by atoms with E-state index in [1.54, 1.807) is 18.2 Å². The minimum atomic E-state index is -1.31. The molecule has 0 radical (unpaired) electrons. The third-order valence-electron chi connectivity index (χ3n) is 3.61. The van der Waals surface area contributed by atoms with Crippen molar-refractivity contribution in [1.29, 1.82) is 0 Å². The Labute approximate surface area is 175 Å². The highest BCUT2D eigenvalue weighted by atomic mass is 32.2. The second-order valence-corrected chi connectivity index (χ2v) is 6.91. The van der Waals surface area contributed by atoms with Gasteiger partial charge in [-0.2, -0.15) is 5.06 Å². The molecule has 0 aliphatic carbocycles. The molecular weight excluding hydrogens is 420 g/mol. The van der Waals surface area contributed by atoms with E-state index in [0.29, 0.717) is 16.8 Å². The first kappa shape index (κ1) is 24.9. The SMILES string of the molecule is NC(CCC(=O)N[C@@H](CSC(=O)N(O)c1ccccc1)C(=O)NCC(=O)O)C(=O)O. The number of aliphatic carboxylic acids is 2. The fourth-order valence-corrected chi connectivity index (χ4v) is 2.81. The van der Waals surface area contributed by atoms with Gasteiger partial charge in [0, 0.05) is 12.2 Å². The van der Waals surface area contributed by atoms with Gasteiger partial charge in [0.2, 0.25) is 11.8 Å². The number of carboxylic acids is 2. The van der Waals surface area contributed by atoms with Crippen molar-refractivity contribution in [3.05, 3.63) is 30.3 Å². The summed E-state index contributed by atoms with van der Waals surface area (Å²) < 4.78 is 0. The number of para-hydroxylation sites is 1. The van der Waals surface area contributed by atoms with Gasteiger partial charge in [-0.15, -0.1) is 0 Å². The predicted molar refractivity (Wildman–Crippen MR) is 106 cm³/mol. The normalized spacial score (nSPS) is 12.3. The number of carboxylic acid groups (broad SMARTS) is 2. The number of nitrogens with one attached hydrogen (secondary N) is 2. The molecule has 0 aliphatic heterocycles. The molecule has 164 valence electrons. The first-order valence-corrected chi connectivity index (χ1v) is 9.58. The second kappa shape index (κ2) is 12.4. The van der Waals surface area contributed by atoms with Crippen molar-refractivity contribution < 1.29 is 39.4 Å². The van der Waals surface area contributed by atoms with E-state index in [0.717, 1.165) is 0 Å². The summed E-state index contributed by atoms with van der Waals surface area (Å²) in [6, 6.07) is 5.26. The van der Waals surface area contributed by atoms with Crippen molar-refractivity contribution in [2.75, 3.05) is 17.4 Å². The first-order valence-electron chi connectivity index (χ1n) is 8.60. The number of anilines is 1. The summed E-state index contributed by atoms with van der Waals surface area (Å²) in [4.78, 5) is 57.7. The highest BCUT2D eigenvalue weighted by Gasteiger charge is 2.25. The molecule has 30 heavy (non-hydrogen) atoms. The Hall–Kier alpha value is -3.16. The van der Waals surface area contributed by atoms with Crippen LogP contribution in [0.15, 0.2) is 30.3 Å². The van der Waals surface area contributed by atoms with Crippen LogP contribution in [0.3, 0.4) is 0 Å². The topological polar surface area (TPSA) is 199 Å². The van der Waals surface area contributed by atoms with Crippen LogP contribution < -0.4 is 21.4 Å². The minimum absolute atomic E-state index is 0.185. The standard InChI is InChI=1S/C17H22N4O8S/c18-11(16(26)27)6-7-13(22)20-12(15(25)19-8-14(23)24)9-30-17(28)21(29)10-4-2-1-3-5-10/h1-5,11-12,29H,6-9,18H2,(H,19,25)(H,20,22)(H,23,24)(H,26,27)/t11?,12-/m0/s1. The van der Waals surface area contributed by atoms with Crippen LogP contribution in [0.2, 0.25) is 0 Å². The van der Waals surface area contributed by atoms with E-state index >= 15 is 0 Å². The Balaban J connectivity index is 2.71. The maximum absolute atomic E-state index is 12.2. The van der Waals surface area contributed by atoms with E-state index in [2.05, 4.69) is 10.6 Å². The Morgan fingerprint density at radius 3 is 2.30 bits per heavy atom. The molecule has 1 unspecified atom stereocenters. The summed E-state index contributed by atoms with van der Waals surface area (Å²) in [7, 11) is 0. The summed E-state index contributed by atoms with van der Waals surface area (Å²) in [5.41, 5.74) is 5.51. The third-order valence-corrected chi connectivity index (χ3v) is 4.53. The Bertz CT molecular complexity index is 776. The molecule has 0 saturated heterocycles. The van der Waals surface area contributed by atoms with Crippen molar-refractivity contribution in [3.8, 4) is 0 Å². The van der Waals surface area contributed by atoms with Crippen molar-refractivity contribution >= 4 is 46.4 Å². The number of rotatable bonds is 11. The number of nitrogens with zero attached hydrogens (tertiary/aromatic N) is 1. The molecule has 0 saturated carbocycles. The molecule has 0 aliphatic rings. The minimum Gasteiger partial charge on any atom is -0.480 e. The number of hydroxylamine groups is 1. The van der Waals surface area contributed by atoms with Crippen LogP contribution >= 0.6 is 11.8 Å². The number of carbonyl (C=O) groups excluding carboxylic acids is 3. The maximum atomic E-state index is 12.2. The van der Waals surface area contributed by atoms with Gasteiger partial charge in [0.1, 0.15) is 18.6 Å². The number of benzene rings is 1. The van der Waals surface area contributed by atoms with Crippen LogP contribution in [0.5, 0.6) is 0 Å². The largest absolute Gasteiger partial charge is 0.480 e. The van der Waals surface area contributed by atoms with Crippen molar-refractivity contribution in [1.82, 2.24) is 10.6 Å². The number of amides is 3. The molecule has 3 amide bonds.